The Balaban J connectivity index is 2.92. The van der Waals surface area contributed by atoms with Gasteiger partial charge in [-0.05, 0) is 38.0 Å². The van der Waals surface area contributed by atoms with E-state index in [1.165, 1.54) is 11.8 Å². The van der Waals surface area contributed by atoms with Crippen LogP contribution in [0.5, 0.6) is 0 Å². The molecule has 1 N–H and O–H groups in total. The molecule has 0 amide bonds. The number of rotatable bonds is 2. The van der Waals surface area contributed by atoms with E-state index in [0.29, 0.717) is 6.04 Å². The minimum absolute atomic E-state index is 0.300. The largest absolute Gasteiger partial charge is 0.309 e. The molecule has 0 radical (unpaired) electrons. The molecule has 0 aromatic carbocycles. The summed E-state index contributed by atoms with van der Waals surface area (Å²) < 4.78 is 0. The summed E-state index contributed by atoms with van der Waals surface area (Å²) in [5, 5.41) is 6.94. The minimum atomic E-state index is 0.300. The Morgan fingerprint density at radius 3 is 2.75 bits per heavy atom. The fraction of sp³-hybridized carbons (Fsp3) is 0.400. The third kappa shape index (κ3) is 1.70. The number of aliphatic imine (C=N–C) groups is 1. The first-order chi connectivity index (χ1) is 5.65. The number of hydrogen-bond donors (Lipinski definition) is 1. The van der Waals surface area contributed by atoms with Gasteiger partial charge in [0.25, 0.3) is 0 Å². The molecule has 0 bridgehead atoms. The predicted octanol–water partition coefficient (Wildman–Crippen LogP) is 2.37. The second-order valence-electron chi connectivity index (χ2n) is 3.05. The highest BCUT2D eigenvalue weighted by Gasteiger charge is 2.12. The van der Waals surface area contributed by atoms with Crippen LogP contribution in [0.1, 0.15) is 20.8 Å². The van der Waals surface area contributed by atoms with Crippen LogP contribution in [0.3, 0.4) is 0 Å². The zero-order valence-electron chi connectivity index (χ0n) is 7.76. The highest BCUT2D eigenvalue weighted by molar-refractivity contribution is 6.04. The van der Waals surface area contributed by atoms with Crippen LogP contribution >= 0.6 is 0 Å². The Bertz CT molecular complexity index is 282. The first-order valence-corrected chi connectivity index (χ1v) is 4.09. The van der Waals surface area contributed by atoms with Crippen LogP contribution in [0, 0.1) is 5.41 Å². The molecule has 0 saturated carbocycles. The van der Waals surface area contributed by atoms with Gasteiger partial charge in [-0.15, -0.1) is 0 Å². The van der Waals surface area contributed by atoms with Crippen LogP contribution in [-0.4, -0.2) is 18.0 Å². The second-order valence-corrected chi connectivity index (χ2v) is 3.05. The fourth-order valence-corrected chi connectivity index (χ4v) is 1.41. The Morgan fingerprint density at radius 2 is 2.33 bits per heavy atom. The van der Waals surface area contributed by atoms with Crippen molar-refractivity contribution in [1.82, 2.24) is 0 Å². The molecule has 0 saturated heterocycles. The molecule has 0 aromatic heterocycles. The molecule has 1 rings (SSSR count). The molecule has 1 aliphatic rings. The molecule has 2 nitrogen and oxygen atoms in total. The highest BCUT2D eigenvalue weighted by atomic mass is 14.8. The maximum atomic E-state index is 6.94. The zero-order valence-corrected chi connectivity index (χ0v) is 7.76. The SMILES string of the molecule is CC1=NC(C)C=C1/C(C)=C/C=N. The third-order valence-electron chi connectivity index (χ3n) is 1.95. The van der Waals surface area contributed by atoms with Gasteiger partial charge >= 0.3 is 0 Å². The Labute approximate surface area is 73.2 Å². The lowest BCUT2D eigenvalue weighted by Crippen LogP contribution is -1.94. The lowest BCUT2D eigenvalue weighted by Gasteiger charge is -2.00. The van der Waals surface area contributed by atoms with E-state index in [1.807, 2.05) is 13.8 Å². The first-order valence-electron chi connectivity index (χ1n) is 4.09. The summed E-state index contributed by atoms with van der Waals surface area (Å²) in [6.07, 6.45) is 5.24. The van der Waals surface area contributed by atoms with Gasteiger partial charge in [-0.2, -0.15) is 0 Å². The molecule has 1 atom stereocenters. The summed E-state index contributed by atoms with van der Waals surface area (Å²) in [5.41, 5.74) is 3.39. The van der Waals surface area contributed by atoms with E-state index in [9.17, 15) is 0 Å². The predicted molar refractivity (Wildman–Crippen MR) is 53.2 cm³/mol. The van der Waals surface area contributed by atoms with Crippen LogP contribution in [0.2, 0.25) is 0 Å². The maximum absolute atomic E-state index is 6.94. The van der Waals surface area contributed by atoms with Crippen molar-refractivity contribution in [2.24, 2.45) is 4.99 Å². The van der Waals surface area contributed by atoms with E-state index in [0.717, 1.165) is 11.3 Å². The van der Waals surface area contributed by atoms with Gasteiger partial charge in [0.1, 0.15) is 0 Å². The summed E-state index contributed by atoms with van der Waals surface area (Å²) in [6.45, 7) is 6.08. The maximum Gasteiger partial charge on any atom is 0.0664 e. The fourth-order valence-electron chi connectivity index (χ4n) is 1.41. The van der Waals surface area contributed by atoms with E-state index < -0.39 is 0 Å². The number of hydrogen-bond acceptors (Lipinski definition) is 2. The van der Waals surface area contributed by atoms with Crippen molar-refractivity contribution < 1.29 is 0 Å². The Hall–Kier alpha value is -1.18. The third-order valence-corrected chi connectivity index (χ3v) is 1.95. The standard InChI is InChI=1S/C10H14N2/c1-7(4-5-11)10-6-8(2)12-9(10)3/h4-6,8,11H,1-3H3/b7-4+,11-5?. The van der Waals surface area contributed by atoms with Crippen molar-refractivity contribution in [2.45, 2.75) is 26.8 Å². The molecule has 0 aromatic rings. The lowest BCUT2D eigenvalue weighted by atomic mass is 10.0. The van der Waals surface area contributed by atoms with Gasteiger partial charge in [0.2, 0.25) is 0 Å². The summed E-state index contributed by atoms with van der Waals surface area (Å²) >= 11 is 0. The van der Waals surface area contributed by atoms with Gasteiger partial charge in [-0.1, -0.05) is 6.08 Å². The quantitative estimate of drug-likeness (QED) is 0.605. The van der Waals surface area contributed by atoms with Crippen LogP contribution in [0.4, 0.5) is 0 Å². The van der Waals surface area contributed by atoms with Crippen LogP contribution < -0.4 is 0 Å². The molecule has 1 aliphatic heterocycles. The number of nitrogens with zero attached hydrogens (tertiary/aromatic N) is 1. The van der Waals surface area contributed by atoms with Gasteiger partial charge in [-0.25, -0.2) is 0 Å². The van der Waals surface area contributed by atoms with Crippen molar-refractivity contribution >= 4 is 11.9 Å². The van der Waals surface area contributed by atoms with Crippen molar-refractivity contribution in [3.05, 3.63) is 23.3 Å². The minimum Gasteiger partial charge on any atom is -0.309 e. The van der Waals surface area contributed by atoms with E-state index in [-0.39, 0.29) is 0 Å². The molecule has 0 aliphatic carbocycles. The van der Waals surface area contributed by atoms with Crippen molar-refractivity contribution in [3.8, 4) is 0 Å². The molecule has 1 heterocycles. The van der Waals surface area contributed by atoms with E-state index >= 15 is 0 Å². The van der Waals surface area contributed by atoms with E-state index in [4.69, 9.17) is 5.41 Å². The summed E-state index contributed by atoms with van der Waals surface area (Å²) in [5.74, 6) is 0. The lowest BCUT2D eigenvalue weighted by molar-refractivity contribution is 0.944. The summed E-state index contributed by atoms with van der Waals surface area (Å²) in [7, 11) is 0. The summed E-state index contributed by atoms with van der Waals surface area (Å²) in [4.78, 5) is 4.38. The first kappa shape index (κ1) is 8.91. The molecule has 2 heteroatoms. The van der Waals surface area contributed by atoms with Gasteiger partial charge < -0.3 is 5.41 Å². The number of nitrogens with one attached hydrogen (secondary N) is 1. The molecular formula is C10H14N2. The topological polar surface area (TPSA) is 36.2 Å². The van der Waals surface area contributed by atoms with Gasteiger partial charge in [0.05, 0.1) is 6.04 Å². The zero-order chi connectivity index (χ0) is 9.14. The molecule has 0 fully saturated rings. The smallest absolute Gasteiger partial charge is 0.0664 e. The molecule has 64 valence electrons. The Kier molecular flexibility index (Phi) is 2.58. The normalized spacial score (nSPS) is 23.6. The average molecular weight is 162 g/mol. The molecular weight excluding hydrogens is 148 g/mol. The van der Waals surface area contributed by atoms with Crippen molar-refractivity contribution in [1.29, 1.82) is 5.41 Å². The Morgan fingerprint density at radius 1 is 1.67 bits per heavy atom. The van der Waals surface area contributed by atoms with Gasteiger partial charge in [-0.3, -0.25) is 4.99 Å². The monoisotopic (exact) mass is 162 g/mol. The van der Waals surface area contributed by atoms with Crippen LogP contribution in [-0.2, 0) is 0 Å². The molecule has 1 unspecified atom stereocenters. The van der Waals surface area contributed by atoms with E-state index in [1.54, 1.807) is 6.08 Å². The highest BCUT2D eigenvalue weighted by Crippen LogP contribution is 2.19. The van der Waals surface area contributed by atoms with Gasteiger partial charge in [0, 0.05) is 11.9 Å². The van der Waals surface area contributed by atoms with Crippen molar-refractivity contribution in [2.75, 3.05) is 0 Å². The number of allylic oxidation sites excluding steroid dienone is 3. The molecule has 0 spiro atoms. The van der Waals surface area contributed by atoms with Crippen LogP contribution in [0.15, 0.2) is 28.3 Å². The average Bonchev–Trinajstić information content (AvgIpc) is 2.30. The second kappa shape index (κ2) is 3.48. The molecule has 12 heavy (non-hydrogen) atoms. The summed E-state index contributed by atoms with van der Waals surface area (Å²) in [6, 6.07) is 0.300. The van der Waals surface area contributed by atoms with Gasteiger partial charge in [0.15, 0.2) is 0 Å². The van der Waals surface area contributed by atoms with Crippen molar-refractivity contribution in [3.63, 3.8) is 0 Å². The van der Waals surface area contributed by atoms with Crippen LogP contribution in [0.25, 0.3) is 0 Å². The van der Waals surface area contributed by atoms with E-state index in [2.05, 4.69) is 18.0 Å².